The molecule has 1 N–H and O–H groups in total. The first-order valence-corrected chi connectivity index (χ1v) is 5.96. The number of para-hydroxylation sites is 1. The maximum atomic E-state index is 8.82. The van der Waals surface area contributed by atoms with Crippen LogP contribution in [0.5, 0.6) is 5.75 Å². The van der Waals surface area contributed by atoms with E-state index in [4.69, 9.17) is 14.7 Å². The van der Waals surface area contributed by atoms with Crippen molar-refractivity contribution in [3.05, 3.63) is 29.8 Å². The first kappa shape index (κ1) is 14.5. The van der Waals surface area contributed by atoms with Crippen molar-refractivity contribution in [2.24, 2.45) is 5.16 Å². The van der Waals surface area contributed by atoms with Crippen LogP contribution < -0.4 is 4.74 Å². The molecule has 18 heavy (non-hydrogen) atoms. The summed E-state index contributed by atoms with van der Waals surface area (Å²) in [4.78, 5) is 0. The summed E-state index contributed by atoms with van der Waals surface area (Å²) in [7, 11) is 1.69. The molecule has 0 atom stereocenters. The Balaban J connectivity index is 2.68. The molecule has 0 saturated heterocycles. The van der Waals surface area contributed by atoms with E-state index in [0.29, 0.717) is 12.3 Å². The van der Waals surface area contributed by atoms with Crippen LogP contribution in [0.2, 0.25) is 0 Å². The van der Waals surface area contributed by atoms with Crippen LogP contribution >= 0.6 is 0 Å². The molecule has 0 saturated carbocycles. The molecule has 0 aliphatic rings. The Bertz CT molecular complexity index is 413. The van der Waals surface area contributed by atoms with E-state index in [2.05, 4.69) is 5.16 Å². The van der Waals surface area contributed by atoms with Gasteiger partial charge in [-0.2, -0.15) is 0 Å². The molecule has 0 fully saturated rings. The smallest absolute Gasteiger partial charge is 0.128 e. The number of rotatable bonds is 6. The minimum Gasteiger partial charge on any atom is -0.493 e. The quantitative estimate of drug-likeness (QED) is 0.480. The lowest BCUT2D eigenvalue weighted by molar-refractivity contribution is 0.00544. The number of oxime groups is 1. The van der Waals surface area contributed by atoms with Gasteiger partial charge >= 0.3 is 0 Å². The predicted molar refractivity (Wildman–Crippen MR) is 71.6 cm³/mol. The zero-order chi connectivity index (χ0) is 13.6. The zero-order valence-electron chi connectivity index (χ0n) is 11.4. The van der Waals surface area contributed by atoms with Crippen LogP contribution in [0.25, 0.3) is 0 Å². The van der Waals surface area contributed by atoms with Gasteiger partial charge in [-0.25, -0.2) is 0 Å². The minimum absolute atomic E-state index is 0.199. The van der Waals surface area contributed by atoms with E-state index >= 15 is 0 Å². The lowest BCUT2D eigenvalue weighted by Gasteiger charge is -2.23. The third-order valence-corrected chi connectivity index (χ3v) is 2.94. The SMILES string of the molecule is COC(C)(C)CCOc1ccccc1/C(C)=N/O. The van der Waals surface area contributed by atoms with Gasteiger partial charge in [-0.05, 0) is 32.9 Å². The van der Waals surface area contributed by atoms with E-state index in [9.17, 15) is 0 Å². The van der Waals surface area contributed by atoms with Crippen molar-refractivity contribution in [1.29, 1.82) is 0 Å². The molecule has 4 heteroatoms. The molecule has 100 valence electrons. The van der Waals surface area contributed by atoms with Gasteiger partial charge in [-0.1, -0.05) is 17.3 Å². The third-order valence-electron chi connectivity index (χ3n) is 2.94. The Morgan fingerprint density at radius 3 is 2.61 bits per heavy atom. The Morgan fingerprint density at radius 1 is 1.33 bits per heavy atom. The highest BCUT2D eigenvalue weighted by Crippen LogP contribution is 2.20. The van der Waals surface area contributed by atoms with Crippen molar-refractivity contribution in [1.82, 2.24) is 0 Å². The van der Waals surface area contributed by atoms with Gasteiger partial charge in [0.25, 0.3) is 0 Å². The standard InChI is InChI=1S/C14H21NO3/c1-11(15-16)12-7-5-6-8-13(12)18-10-9-14(2,3)17-4/h5-8,16H,9-10H2,1-4H3/b15-11+. The van der Waals surface area contributed by atoms with Gasteiger partial charge in [-0.3, -0.25) is 0 Å². The Labute approximate surface area is 108 Å². The summed E-state index contributed by atoms with van der Waals surface area (Å²) in [5.41, 5.74) is 1.14. The van der Waals surface area contributed by atoms with Crippen molar-refractivity contribution in [3.8, 4) is 5.75 Å². The fourth-order valence-corrected chi connectivity index (χ4v) is 1.45. The van der Waals surface area contributed by atoms with E-state index in [1.165, 1.54) is 0 Å². The van der Waals surface area contributed by atoms with Crippen molar-refractivity contribution in [2.75, 3.05) is 13.7 Å². The molecule has 0 radical (unpaired) electrons. The molecule has 1 aromatic carbocycles. The summed E-state index contributed by atoms with van der Waals surface area (Å²) in [6.07, 6.45) is 0.785. The van der Waals surface area contributed by atoms with E-state index in [-0.39, 0.29) is 5.60 Å². The first-order chi connectivity index (χ1) is 8.50. The van der Waals surface area contributed by atoms with Gasteiger partial charge < -0.3 is 14.7 Å². The van der Waals surface area contributed by atoms with Gasteiger partial charge in [0.05, 0.1) is 17.9 Å². The fraction of sp³-hybridized carbons (Fsp3) is 0.500. The average molecular weight is 251 g/mol. The maximum absolute atomic E-state index is 8.82. The molecule has 0 aromatic heterocycles. The molecular formula is C14H21NO3. The van der Waals surface area contributed by atoms with Gasteiger partial charge in [0.15, 0.2) is 0 Å². The molecule has 0 heterocycles. The molecule has 4 nitrogen and oxygen atoms in total. The van der Waals surface area contributed by atoms with Crippen LogP contribution in [0, 0.1) is 0 Å². The molecule has 1 aromatic rings. The molecule has 0 aliphatic heterocycles. The third kappa shape index (κ3) is 4.04. The molecule has 0 spiro atoms. The number of methoxy groups -OCH3 is 1. The Hall–Kier alpha value is -1.55. The number of nitrogens with zero attached hydrogens (tertiary/aromatic N) is 1. The molecule has 0 amide bonds. The molecule has 0 unspecified atom stereocenters. The van der Waals surface area contributed by atoms with Crippen LogP contribution in [-0.2, 0) is 4.74 Å². The average Bonchev–Trinajstić information content (AvgIpc) is 2.38. The van der Waals surface area contributed by atoms with Crippen molar-refractivity contribution in [2.45, 2.75) is 32.8 Å². The van der Waals surface area contributed by atoms with Crippen LogP contribution in [-0.4, -0.2) is 30.2 Å². The Morgan fingerprint density at radius 2 is 2.00 bits per heavy atom. The predicted octanol–water partition coefficient (Wildman–Crippen LogP) is 3.08. The second-order valence-corrected chi connectivity index (χ2v) is 4.74. The highest BCUT2D eigenvalue weighted by molar-refractivity contribution is 6.00. The maximum Gasteiger partial charge on any atom is 0.128 e. The molecule has 1 rings (SSSR count). The van der Waals surface area contributed by atoms with Crippen LogP contribution in [0.3, 0.4) is 0 Å². The van der Waals surface area contributed by atoms with E-state index in [1.54, 1.807) is 14.0 Å². The molecule has 0 aliphatic carbocycles. The summed E-state index contributed by atoms with van der Waals surface area (Å²) >= 11 is 0. The largest absolute Gasteiger partial charge is 0.493 e. The summed E-state index contributed by atoms with van der Waals surface area (Å²) in [5.74, 6) is 0.722. The normalized spacial score (nSPS) is 12.6. The minimum atomic E-state index is -0.199. The topological polar surface area (TPSA) is 51.0 Å². The fourth-order valence-electron chi connectivity index (χ4n) is 1.45. The van der Waals surface area contributed by atoms with Crippen molar-refractivity contribution in [3.63, 3.8) is 0 Å². The highest BCUT2D eigenvalue weighted by Gasteiger charge is 2.16. The molecular weight excluding hydrogens is 230 g/mol. The lowest BCUT2D eigenvalue weighted by Crippen LogP contribution is -2.25. The van der Waals surface area contributed by atoms with Crippen molar-refractivity contribution >= 4 is 5.71 Å². The number of benzene rings is 1. The van der Waals surface area contributed by atoms with E-state index in [1.807, 2.05) is 38.1 Å². The second-order valence-electron chi connectivity index (χ2n) is 4.74. The summed E-state index contributed by atoms with van der Waals surface area (Å²) in [5, 5.41) is 12.0. The van der Waals surface area contributed by atoms with E-state index < -0.39 is 0 Å². The zero-order valence-corrected chi connectivity index (χ0v) is 11.4. The number of hydrogen-bond donors (Lipinski definition) is 1. The first-order valence-electron chi connectivity index (χ1n) is 5.96. The monoisotopic (exact) mass is 251 g/mol. The Kier molecular flexibility index (Phi) is 5.16. The lowest BCUT2D eigenvalue weighted by atomic mass is 10.1. The summed E-state index contributed by atoms with van der Waals surface area (Å²) in [6, 6.07) is 7.51. The van der Waals surface area contributed by atoms with E-state index in [0.717, 1.165) is 17.7 Å². The number of hydrogen-bond acceptors (Lipinski definition) is 4. The highest BCUT2D eigenvalue weighted by atomic mass is 16.5. The van der Waals surface area contributed by atoms with Crippen LogP contribution in [0.15, 0.2) is 29.4 Å². The van der Waals surface area contributed by atoms with Crippen LogP contribution in [0.1, 0.15) is 32.8 Å². The van der Waals surface area contributed by atoms with Gasteiger partial charge in [0, 0.05) is 19.1 Å². The van der Waals surface area contributed by atoms with Crippen molar-refractivity contribution < 1.29 is 14.7 Å². The van der Waals surface area contributed by atoms with Crippen LogP contribution in [0.4, 0.5) is 0 Å². The second kappa shape index (κ2) is 6.40. The van der Waals surface area contributed by atoms with Gasteiger partial charge in [-0.15, -0.1) is 0 Å². The summed E-state index contributed by atoms with van der Waals surface area (Å²) in [6.45, 7) is 6.32. The summed E-state index contributed by atoms with van der Waals surface area (Å²) < 4.78 is 11.1. The van der Waals surface area contributed by atoms with Gasteiger partial charge in [0.2, 0.25) is 0 Å². The number of ether oxygens (including phenoxy) is 2. The molecule has 0 bridgehead atoms. The van der Waals surface area contributed by atoms with Gasteiger partial charge in [0.1, 0.15) is 5.75 Å².